The van der Waals surface area contributed by atoms with Crippen LogP contribution in [0.15, 0.2) is 0 Å². The fourth-order valence-electron chi connectivity index (χ4n) is 3.00. The highest BCUT2D eigenvalue weighted by atomic mass is 16.2. The van der Waals surface area contributed by atoms with Crippen molar-refractivity contribution in [1.29, 1.82) is 0 Å². The monoisotopic (exact) mass is 297 g/mol. The molecule has 2 amide bonds. The van der Waals surface area contributed by atoms with Gasteiger partial charge >= 0.3 is 0 Å². The van der Waals surface area contributed by atoms with Crippen LogP contribution in [0.25, 0.3) is 0 Å². The molecule has 5 nitrogen and oxygen atoms in total. The van der Waals surface area contributed by atoms with E-state index in [2.05, 4.69) is 12.2 Å². The van der Waals surface area contributed by atoms with Gasteiger partial charge in [-0.15, -0.1) is 0 Å². The van der Waals surface area contributed by atoms with E-state index in [0.29, 0.717) is 18.9 Å². The Morgan fingerprint density at radius 1 is 1.19 bits per heavy atom. The third kappa shape index (κ3) is 6.46. The molecule has 5 heteroatoms. The molecule has 122 valence electrons. The van der Waals surface area contributed by atoms with Gasteiger partial charge < -0.3 is 16.0 Å². The van der Waals surface area contributed by atoms with E-state index in [0.717, 1.165) is 51.6 Å². The van der Waals surface area contributed by atoms with Crippen molar-refractivity contribution in [2.45, 2.75) is 64.8 Å². The van der Waals surface area contributed by atoms with Gasteiger partial charge in [0.15, 0.2) is 0 Å². The van der Waals surface area contributed by atoms with Gasteiger partial charge in [0, 0.05) is 19.5 Å². The molecule has 0 aliphatic carbocycles. The van der Waals surface area contributed by atoms with Crippen LogP contribution >= 0.6 is 0 Å². The molecule has 0 radical (unpaired) electrons. The fraction of sp³-hybridized carbons (Fsp3) is 0.875. The Morgan fingerprint density at radius 2 is 1.86 bits per heavy atom. The number of hydrogen-bond donors (Lipinski definition) is 2. The van der Waals surface area contributed by atoms with Crippen LogP contribution in [0.4, 0.5) is 0 Å². The Labute approximate surface area is 128 Å². The zero-order chi connectivity index (χ0) is 15.7. The number of amides is 2. The highest BCUT2D eigenvalue weighted by molar-refractivity contribution is 5.87. The summed E-state index contributed by atoms with van der Waals surface area (Å²) in [5.74, 6) is 0.552. The van der Waals surface area contributed by atoms with Crippen molar-refractivity contribution in [3.05, 3.63) is 0 Å². The van der Waals surface area contributed by atoms with Gasteiger partial charge in [-0.1, -0.05) is 19.8 Å². The number of nitrogens with zero attached hydrogens (tertiary/aromatic N) is 1. The number of nitrogens with two attached hydrogens (primary N) is 1. The average molecular weight is 297 g/mol. The lowest BCUT2D eigenvalue weighted by atomic mass is 9.94. The summed E-state index contributed by atoms with van der Waals surface area (Å²) in [6.07, 6.45) is 6.71. The molecule has 2 unspecified atom stereocenters. The number of carbonyl (C=O) groups is 2. The second-order valence-electron chi connectivity index (χ2n) is 6.09. The molecule has 21 heavy (non-hydrogen) atoms. The molecule has 1 aliphatic rings. The standard InChI is InChI=1S/C16H31N3O2/c1-3-6-14(9-10-17)7-8-15(20)18-13(2)16(21)19-11-4-5-12-19/h13-14H,3-12,17H2,1-2H3,(H,18,20). The first-order valence-corrected chi connectivity index (χ1v) is 8.36. The van der Waals surface area contributed by atoms with Crippen LogP contribution in [0.3, 0.4) is 0 Å². The quantitative estimate of drug-likeness (QED) is 0.679. The van der Waals surface area contributed by atoms with Crippen molar-refractivity contribution in [2.75, 3.05) is 19.6 Å². The van der Waals surface area contributed by atoms with E-state index < -0.39 is 6.04 Å². The maximum atomic E-state index is 12.1. The Morgan fingerprint density at radius 3 is 2.43 bits per heavy atom. The summed E-state index contributed by atoms with van der Waals surface area (Å²) in [5.41, 5.74) is 5.61. The van der Waals surface area contributed by atoms with Crippen molar-refractivity contribution in [3.8, 4) is 0 Å². The number of rotatable bonds is 9. The molecule has 1 fully saturated rings. The topological polar surface area (TPSA) is 75.4 Å². The number of carbonyl (C=O) groups excluding carboxylic acids is 2. The maximum absolute atomic E-state index is 12.1. The van der Waals surface area contributed by atoms with Gasteiger partial charge in [-0.05, 0) is 45.1 Å². The summed E-state index contributed by atoms with van der Waals surface area (Å²) in [4.78, 5) is 25.9. The summed E-state index contributed by atoms with van der Waals surface area (Å²) in [5, 5.41) is 2.83. The maximum Gasteiger partial charge on any atom is 0.244 e. The highest BCUT2D eigenvalue weighted by Crippen LogP contribution is 2.17. The number of likely N-dealkylation sites (tertiary alicyclic amines) is 1. The zero-order valence-corrected chi connectivity index (χ0v) is 13.6. The van der Waals surface area contributed by atoms with Gasteiger partial charge in [0.25, 0.3) is 0 Å². The Bertz CT molecular complexity index is 321. The molecule has 0 aromatic heterocycles. The smallest absolute Gasteiger partial charge is 0.244 e. The molecule has 0 aromatic carbocycles. The predicted octanol–water partition coefficient (Wildman–Crippen LogP) is 1.66. The van der Waals surface area contributed by atoms with Gasteiger partial charge in [-0.3, -0.25) is 9.59 Å². The summed E-state index contributed by atoms with van der Waals surface area (Å²) < 4.78 is 0. The molecule has 1 saturated heterocycles. The molecule has 3 N–H and O–H groups in total. The number of nitrogens with one attached hydrogen (secondary N) is 1. The number of hydrogen-bond acceptors (Lipinski definition) is 3. The molecule has 1 aliphatic heterocycles. The van der Waals surface area contributed by atoms with E-state index in [1.54, 1.807) is 6.92 Å². The molecule has 0 saturated carbocycles. The van der Waals surface area contributed by atoms with Gasteiger partial charge in [0.05, 0.1) is 0 Å². The minimum atomic E-state index is -0.408. The second-order valence-corrected chi connectivity index (χ2v) is 6.09. The van der Waals surface area contributed by atoms with Gasteiger partial charge in [-0.2, -0.15) is 0 Å². The second kappa shape index (κ2) is 9.77. The Balaban J connectivity index is 2.29. The third-order valence-electron chi connectivity index (χ3n) is 4.22. The van der Waals surface area contributed by atoms with E-state index in [-0.39, 0.29) is 11.8 Å². The predicted molar refractivity (Wildman–Crippen MR) is 84.7 cm³/mol. The van der Waals surface area contributed by atoms with Crippen LogP contribution in [-0.4, -0.2) is 42.4 Å². The van der Waals surface area contributed by atoms with Gasteiger partial charge in [-0.25, -0.2) is 0 Å². The molecule has 0 aromatic rings. The van der Waals surface area contributed by atoms with Crippen LogP contribution in [0.2, 0.25) is 0 Å². The van der Waals surface area contributed by atoms with Crippen LogP contribution in [0.5, 0.6) is 0 Å². The van der Waals surface area contributed by atoms with E-state index in [4.69, 9.17) is 5.73 Å². The summed E-state index contributed by atoms with van der Waals surface area (Å²) in [6.45, 7) is 6.26. The molecule has 0 spiro atoms. The first-order chi connectivity index (χ1) is 10.1. The lowest BCUT2D eigenvalue weighted by molar-refractivity contribution is -0.135. The molecule has 1 heterocycles. The normalized spacial score (nSPS) is 17.6. The first-order valence-electron chi connectivity index (χ1n) is 8.36. The van der Waals surface area contributed by atoms with Crippen LogP contribution < -0.4 is 11.1 Å². The van der Waals surface area contributed by atoms with E-state index in [9.17, 15) is 9.59 Å². The van der Waals surface area contributed by atoms with Crippen LogP contribution in [0, 0.1) is 5.92 Å². The van der Waals surface area contributed by atoms with Crippen LogP contribution in [-0.2, 0) is 9.59 Å². The van der Waals surface area contributed by atoms with Crippen molar-refractivity contribution < 1.29 is 9.59 Å². The Kier molecular flexibility index (Phi) is 8.35. The minimum absolute atomic E-state index is 0.0202. The molecular weight excluding hydrogens is 266 g/mol. The largest absolute Gasteiger partial charge is 0.345 e. The fourth-order valence-corrected chi connectivity index (χ4v) is 3.00. The average Bonchev–Trinajstić information content (AvgIpc) is 2.98. The van der Waals surface area contributed by atoms with Crippen molar-refractivity contribution in [3.63, 3.8) is 0 Å². The molecule has 2 atom stereocenters. The van der Waals surface area contributed by atoms with Crippen molar-refractivity contribution in [1.82, 2.24) is 10.2 Å². The summed E-state index contributed by atoms with van der Waals surface area (Å²) in [6, 6.07) is -0.408. The lowest BCUT2D eigenvalue weighted by Crippen LogP contribution is -2.45. The highest BCUT2D eigenvalue weighted by Gasteiger charge is 2.24. The van der Waals surface area contributed by atoms with Crippen molar-refractivity contribution >= 4 is 11.8 Å². The SMILES string of the molecule is CCCC(CCN)CCC(=O)NC(C)C(=O)N1CCCC1. The van der Waals surface area contributed by atoms with Crippen LogP contribution in [0.1, 0.15) is 58.8 Å². The zero-order valence-electron chi connectivity index (χ0n) is 13.6. The Hall–Kier alpha value is -1.10. The van der Waals surface area contributed by atoms with E-state index in [1.807, 2.05) is 4.90 Å². The summed E-state index contributed by atoms with van der Waals surface area (Å²) in [7, 11) is 0. The van der Waals surface area contributed by atoms with E-state index >= 15 is 0 Å². The van der Waals surface area contributed by atoms with Crippen molar-refractivity contribution in [2.24, 2.45) is 11.7 Å². The van der Waals surface area contributed by atoms with Gasteiger partial charge in [0.2, 0.25) is 11.8 Å². The van der Waals surface area contributed by atoms with E-state index in [1.165, 1.54) is 0 Å². The molecular formula is C16H31N3O2. The third-order valence-corrected chi connectivity index (χ3v) is 4.22. The molecule has 1 rings (SSSR count). The molecule has 0 bridgehead atoms. The summed E-state index contributed by atoms with van der Waals surface area (Å²) >= 11 is 0. The minimum Gasteiger partial charge on any atom is -0.345 e. The lowest BCUT2D eigenvalue weighted by Gasteiger charge is -2.21. The first kappa shape index (κ1) is 18.0. The van der Waals surface area contributed by atoms with Gasteiger partial charge in [0.1, 0.15) is 6.04 Å².